The molecule has 84 valence electrons. The van der Waals surface area contributed by atoms with Gasteiger partial charge in [-0.1, -0.05) is 19.3 Å². The van der Waals surface area contributed by atoms with Crippen LogP contribution in [0.5, 0.6) is 0 Å². The molecule has 0 radical (unpaired) electrons. The van der Waals surface area contributed by atoms with Gasteiger partial charge in [-0.05, 0) is 25.7 Å². The number of rotatable bonds is 8. The fourth-order valence-electron chi connectivity index (χ4n) is 1.07. The van der Waals surface area contributed by atoms with Crippen LogP contribution in [0.15, 0.2) is 0 Å². The summed E-state index contributed by atoms with van der Waals surface area (Å²) in [6, 6.07) is 0. The predicted molar refractivity (Wildman–Crippen MR) is 42.3 cm³/mol. The number of carboxylic acids is 2. The van der Waals surface area contributed by atoms with Gasteiger partial charge in [0.05, 0.1) is 0 Å². The van der Waals surface area contributed by atoms with Gasteiger partial charge in [0, 0.05) is 11.9 Å². The summed E-state index contributed by atoms with van der Waals surface area (Å²) < 4.78 is 0. The minimum absolute atomic E-state index is 0. The fourth-order valence-corrected chi connectivity index (χ4v) is 1.07. The molecule has 0 rings (SSSR count). The first-order valence-corrected chi connectivity index (χ1v) is 4.52. The summed E-state index contributed by atoms with van der Waals surface area (Å²) >= 11 is 0. The van der Waals surface area contributed by atoms with E-state index in [0.717, 1.165) is 19.3 Å². The second-order valence-corrected chi connectivity index (χ2v) is 3.01. The molecule has 0 N–H and O–H groups in total. The molecule has 0 heterocycles. The van der Waals surface area contributed by atoms with Crippen molar-refractivity contribution < 1.29 is 36.3 Å². The van der Waals surface area contributed by atoms with E-state index in [1.165, 1.54) is 0 Å². The van der Waals surface area contributed by atoms with Gasteiger partial charge < -0.3 is 19.8 Å². The Morgan fingerprint density at radius 3 is 1.29 bits per heavy atom. The third-order valence-corrected chi connectivity index (χ3v) is 1.76. The van der Waals surface area contributed by atoms with Gasteiger partial charge in [0.1, 0.15) is 0 Å². The van der Waals surface area contributed by atoms with Crippen LogP contribution in [0.2, 0.25) is 0 Å². The van der Waals surface area contributed by atoms with E-state index < -0.39 is 11.9 Å². The second kappa shape index (κ2) is 10.5. The summed E-state index contributed by atoms with van der Waals surface area (Å²) in [6.07, 6.45) is 3.95. The van der Waals surface area contributed by atoms with Gasteiger partial charge in [0.15, 0.2) is 0 Å². The van der Waals surface area contributed by atoms with E-state index >= 15 is 0 Å². The van der Waals surface area contributed by atoms with Crippen LogP contribution < -0.4 is 10.2 Å². The molecule has 4 nitrogen and oxygen atoms in total. The Morgan fingerprint density at radius 2 is 1.00 bits per heavy atom. The van der Waals surface area contributed by atoms with Gasteiger partial charge in [-0.3, -0.25) is 0 Å². The van der Waals surface area contributed by atoms with Gasteiger partial charge in [-0.15, -0.1) is 0 Å². The Kier molecular flexibility index (Phi) is 11.9. The second-order valence-electron chi connectivity index (χ2n) is 3.01. The van der Waals surface area contributed by atoms with E-state index in [2.05, 4.69) is 0 Å². The molecule has 0 spiro atoms. The first kappa shape index (κ1) is 15.9. The molecule has 0 bridgehead atoms. The van der Waals surface area contributed by atoms with E-state index in [1.807, 2.05) is 0 Å². The van der Waals surface area contributed by atoms with Crippen molar-refractivity contribution in [3.63, 3.8) is 0 Å². The molecule has 0 aromatic heterocycles. The maximum atomic E-state index is 9.98. The van der Waals surface area contributed by atoms with E-state index in [0.29, 0.717) is 12.8 Å². The smallest absolute Gasteiger partial charge is 0.550 e. The minimum Gasteiger partial charge on any atom is -0.550 e. The van der Waals surface area contributed by atoms with E-state index in [1.54, 1.807) is 0 Å². The largest absolute Gasteiger partial charge is 2.00 e. The quantitative estimate of drug-likeness (QED) is 0.414. The summed E-state index contributed by atoms with van der Waals surface area (Å²) in [6.45, 7) is 0. The number of carbonyl (C=O) groups is 2. The average molecular weight is 245 g/mol. The SMILES string of the molecule is O=C([O-])CCCCCCCC(=O)[O-].[Ni+2]. The molecule has 0 saturated heterocycles. The molecule has 0 amide bonds. The molecule has 0 unspecified atom stereocenters. The van der Waals surface area contributed by atoms with Crippen molar-refractivity contribution in [2.75, 3.05) is 0 Å². The molecular formula is C9H14NiO4. The van der Waals surface area contributed by atoms with Crippen molar-refractivity contribution in [2.24, 2.45) is 0 Å². The molecule has 5 heteroatoms. The molecule has 0 aliphatic rings. The normalized spacial score (nSPS) is 9.14. The number of unbranched alkanes of at least 4 members (excludes halogenated alkanes) is 4. The van der Waals surface area contributed by atoms with Crippen LogP contribution in [-0.4, -0.2) is 11.9 Å². The first-order valence-electron chi connectivity index (χ1n) is 4.52. The zero-order chi connectivity index (χ0) is 10.1. The summed E-state index contributed by atoms with van der Waals surface area (Å²) in [5.41, 5.74) is 0. The van der Waals surface area contributed by atoms with Crippen LogP contribution in [0, 0.1) is 0 Å². The van der Waals surface area contributed by atoms with Crippen molar-refractivity contribution in [3.05, 3.63) is 0 Å². The monoisotopic (exact) mass is 244 g/mol. The fraction of sp³-hybridized carbons (Fsp3) is 0.778. The first-order chi connectivity index (χ1) is 6.13. The Labute approximate surface area is 93.6 Å². The zero-order valence-corrected chi connectivity index (χ0v) is 8.89. The molecule has 0 saturated carbocycles. The Morgan fingerprint density at radius 1 is 0.714 bits per heavy atom. The van der Waals surface area contributed by atoms with Crippen LogP contribution in [0.1, 0.15) is 44.9 Å². The molecule has 14 heavy (non-hydrogen) atoms. The van der Waals surface area contributed by atoms with Crippen molar-refractivity contribution in [1.82, 2.24) is 0 Å². The number of carboxylic acid groups (broad SMARTS) is 2. The maximum Gasteiger partial charge on any atom is 2.00 e. The molecule has 0 fully saturated rings. The van der Waals surface area contributed by atoms with Crippen LogP contribution in [0.25, 0.3) is 0 Å². The van der Waals surface area contributed by atoms with E-state index in [-0.39, 0.29) is 29.3 Å². The Bertz CT molecular complexity index is 152. The summed E-state index contributed by atoms with van der Waals surface area (Å²) in [7, 11) is 0. The maximum absolute atomic E-state index is 9.98. The van der Waals surface area contributed by atoms with Gasteiger partial charge in [0.25, 0.3) is 0 Å². The summed E-state index contributed by atoms with van der Waals surface area (Å²) in [5.74, 6) is -2.04. The Balaban J connectivity index is 0. The summed E-state index contributed by atoms with van der Waals surface area (Å²) in [5, 5.41) is 20.0. The molecule has 0 aromatic rings. The third kappa shape index (κ3) is 14.0. The Hall–Kier alpha value is -0.566. The van der Waals surface area contributed by atoms with Crippen molar-refractivity contribution in [2.45, 2.75) is 44.9 Å². The molecule has 0 aromatic carbocycles. The molecule has 0 atom stereocenters. The predicted octanol–water partition coefficient (Wildman–Crippen LogP) is -0.786. The molecular weight excluding hydrogens is 231 g/mol. The molecule has 0 aliphatic heterocycles. The topological polar surface area (TPSA) is 80.3 Å². The van der Waals surface area contributed by atoms with E-state index in [4.69, 9.17) is 0 Å². The zero-order valence-electron chi connectivity index (χ0n) is 7.90. The minimum atomic E-state index is -1.02. The van der Waals surface area contributed by atoms with E-state index in [9.17, 15) is 19.8 Å². The number of carbonyl (C=O) groups excluding carboxylic acids is 2. The van der Waals surface area contributed by atoms with Gasteiger partial charge >= 0.3 is 16.5 Å². The van der Waals surface area contributed by atoms with Gasteiger partial charge in [-0.25, -0.2) is 0 Å². The van der Waals surface area contributed by atoms with Crippen LogP contribution in [-0.2, 0) is 26.1 Å². The molecule has 0 aliphatic carbocycles. The number of hydrogen-bond donors (Lipinski definition) is 0. The van der Waals surface area contributed by atoms with Crippen molar-refractivity contribution in [1.29, 1.82) is 0 Å². The number of hydrogen-bond acceptors (Lipinski definition) is 4. The van der Waals surface area contributed by atoms with Crippen molar-refractivity contribution >= 4 is 11.9 Å². The van der Waals surface area contributed by atoms with Crippen molar-refractivity contribution in [3.8, 4) is 0 Å². The van der Waals surface area contributed by atoms with Crippen LogP contribution in [0.4, 0.5) is 0 Å². The standard InChI is InChI=1S/C9H16O4.Ni/c10-8(11)6-4-2-1-3-5-7-9(12)13;/h1-7H2,(H,10,11)(H,12,13);/q;+2/p-2. The van der Waals surface area contributed by atoms with Crippen LogP contribution in [0.3, 0.4) is 0 Å². The number of aliphatic carboxylic acids is 2. The third-order valence-electron chi connectivity index (χ3n) is 1.76. The van der Waals surface area contributed by atoms with Gasteiger partial charge in [0.2, 0.25) is 0 Å². The summed E-state index contributed by atoms with van der Waals surface area (Å²) in [4.78, 5) is 20.0. The average Bonchev–Trinajstić information content (AvgIpc) is 2.01. The van der Waals surface area contributed by atoms with Crippen LogP contribution >= 0.6 is 0 Å². The van der Waals surface area contributed by atoms with Gasteiger partial charge in [-0.2, -0.15) is 0 Å².